The van der Waals surface area contributed by atoms with Crippen molar-refractivity contribution in [3.8, 4) is 0 Å². The van der Waals surface area contributed by atoms with E-state index < -0.39 is 16.0 Å². The van der Waals surface area contributed by atoms with Gasteiger partial charge < -0.3 is 5.11 Å². The van der Waals surface area contributed by atoms with Gasteiger partial charge in [-0.3, -0.25) is 4.72 Å². The molecule has 0 atom stereocenters. The van der Waals surface area contributed by atoms with Crippen molar-refractivity contribution in [1.82, 2.24) is 0 Å². The summed E-state index contributed by atoms with van der Waals surface area (Å²) in [6.45, 7) is 1.58. The number of hydrogen-bond acceptors (Lipinski definition) is 4. The Hall–Kier alpha value is -2.38. The summed E-state index contributed by atoms with van der Waals surface area (Å²) in [6.07, 6.45) is 0. The molecule has 0 amide bonds. The average molecular weight is 347 g/mol. The molecule has 2 N–H and O–H groups in total. The minimum Gasteiger partial charge on any atom is -0.478 e. The Morgan fingerprint density at radius 1 is 1.13 bits per heavy atom. The Morgan fingerprint density at radius 2 is 1.87 bits per heavy atom. The molecule has 3 aromatic rings. The Labute approximate surface area is 137 Å². The summed E-state index contributed by atoms with van der Waals surface area (Å²) in [7, 11) is -3.79. The molecule has 0 aliphatic carbocycles. The van der Waals surface area contributed by atoms with Crippen LogP contribution < -0.4 is 4.72 Å². The lowest BCUT2D eigenvalue weighted by atomic mass is 10.1. The number of carbonyl (C=O) groups is 1. The van der Waals surface area contributed by atoms with Gasteiger partial charge in [-0.15, -0.1) is 11.3 Å². The molecule has 5 nitrogen and oxygen atoms in total. The first-order valence-corrected chi connectivity index (χ1v) is 9.08. The van der Waals surface area contributed by atoms with Crippen LogP contribution in [0.1, 0.15) is 15.9 Å². The van der Waals surface area contributed by atoms with Crippen molar-refractivity contribution in [3.63, 3.8) is 0 Å². The van der Waals surface area contributed by atoms with Crippen LogP contribution in [0.4, 0.5) is 5.69 Å². The molecule has 3 rings (SSSR count). The molecule has 2 aromatic carbocycles. The van der Waals surface area contributed by atoms with Crippen LogP contribution in [-0.2, 0) is 10.0 Å². The molecule has 0 saturated carbocycles. The Morgan fingerprint density at radius 3 is 2.61 bits per heavy atom. The van der Waals surface area contributed by atoms with Gasteiger partial charge in [0.1, 0.15) is 4.90 Å². The van der Waals surface area contributed by atoms with E-state index in [1.54, 1.807) is 30.5 Å². The van der Waals surface area contributed by atoms with Crippen LogP contribution in [0, 0.1) is 6.92 Å². The summed E-state index contributed by atoms with van der Waals surface area (Å²) in [5.74, 6) is -1.09. The fourth-order valence-electron chi connectivity index (χ4n) is 2.34. The highest BCUT2D eigenvalue weighted by molar-refractivity contribution is 7.93. The zero-order valence-corrected chi connectivity index (χ0v) is 13.7. The number of aromatic carboxylic acids is 1. The second-order valence-corrected chi connectivity index (χ2v) is 7.55. The molecular formula is C16H13NO4S2. The van der Waals surface area contributed by atoms with Gasteiger partial charge in [0.15, 0.2) is 0 Å². The summed E-state index contributed by atoms with van der Waals surface area (Å²) in [4.78, 5) is 11.4. The van der Waals surface area contributed by atoms with Crippen molar-refractivity contribution in [2.45, 2.75) is 11.8 Å². The number of rotatable bonds is 4. The van der Waals surface area contributed by atoms with Crippen LogP contribution in [0.5, 0.6) is 0 Å². The van der Waals surface area contributed by atoms with Gasteiger partial charge in [0, 0.05) is 15.5 Å². The molecule has 0 unspecified atom stereocenters. The molecule has 7 heteroatoms. The molecule has 1 aromatic heterocycles. The predicted octanol–water partition coefficient (Wildman–Crippen LogP) is 3.71. The van der Waals surface area contributed by atoms with E-state index in [9.17, 15) is 13.2 Å². The largest absolute Gasteiger partial charge is 0.478 e. The number of hydrogen-bond donors (Lipinski definition) is 2. The highest BCUT2D eigenvalue weighted by atomic mass is 32.2. The number of benzene rings is 2. The lowest BCUT2D eigenvalue weighted by Crippen LogP contribution is -2.14. The predicted molar refractivity (Wildman–Crippen MR) is 90.8 cm³/mol. The normalized spacial score (nSPS) is 11.5. The summed E-state index contributed by atoms with van der Waals surface area (Å²) in [5.41, 5.74) is 0.712. The van der Waals surface area contributed by atoms with Crippen molar-refractivity contribution in [2.75, 3.05) is 4.72 Å². The topological polar surface area (TPSA) is 83.5 Å². The molecule has 0 aliphatic heterocycles. The molecule has 0 saturated heterocycles. The quantitative estimate of drug-likeness (QED) is 0.753. The molecular weight excluding hydrogens is 334 g/mol. The first-order valence-electron chi connectivity index (χ1n) is 6.72. The third kappa shape index (κ3) is 2.80. The average Bonchev–Trinajstić information content (AvgIpc) is 2.93. The zero-order chi connectivity index (χ0) is 16.6. The van der Waals surface area contributed by atoms with Gasteiger partial charge in [0.05, 0.1) is 11.3 Å². The van der Waals surface area contributed by atoms with Gasteiger partial charge >= 0.3 is 5.97 Å². The molecule has 23 heavy (non-hydrogen) atoms. The first kappa shape index (κ1) is 15.5. The number of fused-ring (bicyclic) bond motifs is 1. The van der Waals surface area contributed by atoms with Gasteiger partial charge in [-0.05, 0) is 30.7 Å². The number of sulfonamides is 1. The third-order valence-electron chi connectivity index (χ3n) is 3.54. The summed E-state index contributed by atoms with van der Waals surface area (Å²) >= 11 is 1.35. The van der Waals surface area contributed by atoms with Crippen molar-refractivity contribution in [3.05, 3.63) is 59.0 Å². The van der Waals surface area contributed by atoms with Crippen molar-refractivity contribution >= 4 is 43.1 Å². The molecule has 0 radical (unpaired) electrons. The Kier molecular flexibility index (Phi) is 3.83. The lowest BCUT2D eigenvalue weighted by Gasteiger charge is -2.11. The van der Waals surface area contributed by atoms with Crippen LogP contribution in [0.15, 0.2) is 52.7 Å². The summed E-state index contributed by atoms with van der Waals surface area (Å²) in [6, 6.07) is 11.7. The highest BCUT2D eigenvalue weighted by Crippen LogP contribution is 2.31. The minimum atomic E-state index is -3.79. The first-order chi connectivity index (χ1) is 10.9. The second kappa shape index (κ2) is 5.68. The number of anilines is 1. The molecule has 0 spiro atoms. The van der Waals surface area contributed by atoms with Crippen LogP contribution in [0.2, 0.25) is 0 Å². The summed E-state index contributed by atoms with van der Waals surface area (Å²) < 4.78 is 28.7. The van der Waals surface area contributed by atoms with Crippen molar-refractivity contribution in [2.24, 2.45) is 0 Å². The van der Waals surface area contributed by atoms with E-state index in [-0.39, 0.29) is 16.1 Å². The van der Waals surface area contributed by atoms with Crippen molar-refractivity contribution in [1.29, 1.82) is 0 Å². The van der Waals surface area contributed by atoms with E-state index in [2.05, 4.69) is 4.72 Å². The van der Waals surface area contributed by atoms with E-state index in [0.29, 0.717) is 10.9 Å². The molecule has 1 heterocycles. The number of carboxylic acids is 1. The SMILES string of the molecule is Cc1c(NS(=O)(=O)c2csc3ccccc23)cccc1C(=O)O. The number of nitrogens with one attached hydrogen (secondary N) is 1. The van der Waals surface area contributed by atoms with Gasteiger partial charge in [-0.2, -0.15) is 0 Å². The van der Waals surface area contributed by atoms with E-state index in [0.717, 1.165) is 4.70 Å². The Bertz CT molecular complexity index is 1010. The third-order valence-corrected chi connectivity index (χ3v) is 6.06. The molecule has 0 bridgehead atoms. The molecule has 0 aliphatic rings. The van der Waals surface area contributed by atoms with Gasteiger partial charge in [0.2, 0.25) is 0 Å². The van der Waals surface area contributed by atoms with Crippen LogP contribution >= 0.6 is 11.3 Å². The highest BCUT2D eigenvalue weighted by Gasteiger charge is 2.21. The van der Waals surface area contributed by atoms with Crippen LogP contribution in [0.3, 0.4) is 0 Å². The van der Waals surface area contributed by atoms with Crippen LogP contribution in [-0.4, -0.2) is 19.5 Å². The van der Waals surface area contributed by atoms with E-state index in [1.807, 2.05) is 12.1 Å². The fourth-order valence-corrected chi connectivity index (χ4v) is 4.97. The number of thiophene rings is 1. The maximum atomic E-state index is 12.7. The van der Waals surface area contributed by atoms with Gasteiger partial charge in [-0.25, -0.2) is 13.2 Å². The van der Waals surface area contributed by atoms with Gasteiger partial charge in [0.25, 0.3) is 10.0 Å². The monoisotopic (exact) mass is 347 g/mol. The number of carboxylic acid groups (broad SMARTS) is 1. The van der Waals surface area contributed by atoms with Crippen LogP contribution in [0.25, 0.3) is 10.1 Å². The van der Waals surface area contributed by atoms with E-state index in [4.69, 9.17) is 5.11 Å². The maximum absolute atomic E-state index is 12.7. The lowest BCUT2D eigenvalue weighted by molar-refractivity contribution is 0.0696. The molecule has 118 valence electrons. The van der Waals surface area contributed by atoms with E-state index >= 15 is 0 Å². The Balaban J connectivity index is 2.06. The van der Waals surface area contributed by atoms with Gasteiger partial charge in [-0.1, -0.05) is 24.3 Å². The minimum absolute atomic E-state index is 0.0698. The summed E-state index contributed by atoms with van der Waals surface area (Å²) in [5, 5.41) is 11.4. The molecule has 0 fully saturated rings. The fraction of sp³-hybridized carbons (Fsp3) is 0.0625. The van der Waals surface area contributed by atoms with Crippen molar-refractivity contribution < 1.29 is 18.3 Å². The van der Waals surface area contributed by atoms with E-state index in [1.165, 1.54) is 23.5 Å². The standard InChI is InChI=1S/C16H13NO4S2/c1-10-11(16(18)19)6-4-7-13(10)17-23(20,21)15-9-22-14-8-3-2-5-12(14)15/h2-9,17H,1H3,(H,18,19). The zero-order valence-electron chi connectivity index (χ0n) is 12.1. The smallest absolute Gasteiger partial charge is 0.336 e. The maximum Gasteiger partial charge on any atom is 0.336 e. The second-order valence-electron chi connectivity index (χ2n) is 4.98.